The summed E-state index contributed by atoms with van der Waals surface area (Å²) in [5.74, 6) is -5.21. The highest BCUT2D eigenvalue weighted by Gasteiger charge is 2.49. The minimum absolute atomic E-state index is 0.287. The number of carboxylic acids is 2. The molecule has 34 heavy (non-hydrogen) atoms. The average molecular weight is 492 g/mol. The zero-order valence-corrected chi connectivity index (χ0v) is 19.0. The van der Waals surface area contributed by atoms with E-state index in [0.717, 1.165) is 11.8 Å². The molecule has 1 rings (SSSR count). The molecule has 0 bridgehead atoms. The molecular formula is C19H32N4O11. The van der Waals surface area contributed by atoms with E-state index in [1.54, 1.807) is 0 Å². The highest BCUT2D eigenvalue weighted by atomic mass is 16.6. The highest BCUT2D eigenvalue weighted by Crippen LogP contribution is 2.27. The van der Waals surface area contributed by atoms with Crippen LogP contribution >= 0.6 is 0 Å². The summed E-state index contributed by atoms with van der Waals surface area (Å²) in [4.78, 5) is 59.7. The zero-order chi connectivity index (χ0) is 26.3. The normalized spacial score (nSPS) is 27.2. The third-order valence-electron chi connectivity index (χ3n) is 5.36. The van der Waals surface area contributed by atoms with E-state index >= 15 is 0 Å². The summed E-state index contributed by atoms with van der Waals surface area (Å²) >= 11 is 0. The van der Waals surface area contributed by atoms with Crippen LogP contribution in [0.1, 0.15) is 33.6 Å². The Morgan fingerprint density at radius 3 is 2.18 bits per heavy atom. The molecule has 15 heteroatoms. The fourth-order valence-electron chi connectivity index (χ4n) is 3.45. The monoisotopic (exact) mass is 492 g/mol. The third kappa shape index (κ3) is 7.33. The molecule has 1 aliphatic heterocycles. The number of nitrogens with two attached hydrogens (primary N) is 2. The molecular weight excluding hydrogens is 460 g/mol. The highest BCUT2D eigenvalue weighted by molar-refractivity contribution is 5.90. The second kappa shape index (κ2) is 12.6. The number of nitrogens with zero attached hydrogens (tertiary/aromatic N) is 1. The van der Waals surface area contributed by atoms with Crippen LogP contribution in [-0.2, 0) is 33.4 Å². The summed E-state index contributed by atoms with van der Waals surface area (Å²) in [5, 5.41) is 40.7. The van der Waals surface area contributed by atoms with Crippen LogP contribution in [0.2, 0.25) is 0 Å². The predicted molar refractivity (Wildman–Crippen MR) is 112 cm³/mol. The fourth-order valence-corrected chi connectivity index (χ4v) is 3.45. The maximum Gasteiger partial charge on any atom is 0.332 e. The molecule has 15 nitrogen and oxygen atoms in total. The largest absolute Gasteiger partial charge is 0.480 e. The number of ether oxygens (including phenoxy) is 2. The van der Waals surface area contributed by atoms with Crippen LogP contribution in [0.5, 0.6) is 0 Å². The quantitative estimate of drug-likeness (QED) is 0.139. The number of nitrogens with one attached hydrogen (secondary N) is 1. The lowest BCUT2D eigenvalue weighted by molar-refractivity contribution is -0.245. The molecule has 1 unspecified atom stereocenters. The van der Waals surface area contributed by atoms with Crippen LogP contribution in [0.15, 0.2) is 0 Å². The minimum Gasteiger partial charge on any atom is -0.480 e. The second-order valence-corrected chi connectivity index (χ2v) is 7.90. The van der Waals surface area contributed by atoms with Crippen molar-refractivity contribution < 1.29 is 53.9 Å². The maximum absolute atomic E-state index is 12.8. The molecule has 0 aliphatic carbocycles. The molecule has 9 N–H and O–H groups in total. The van der Waals surface area contributed by atoms with Gasteiger partial charge >= 0.3 is 11.9 Å². The van der Waals surface area contributed by atoms with Crippen LogP contribution in [0, 0.1) is 0 Å². The van der Waals surface area contributed by atoms with Gasteiger partial charge in [-0.1, -0.05) is 0 Å². The van der Waals surface area contributed by atoms with Gasteiger partial charge in [0.25, 0.3) is 0 Å². The van der Waals surface area contributed by atoms with E-state index in [1.165, 1.54) is 13.8 Å². The van der Waals surface area contributed by atoms with Gasteiger partial charge in [0.15, 0.2) is 12.3 Å². The van der Waals surface area contributed by atoms with Crippen molar-refractivity contribution in [2.45, 2.75) is 82.4 Å². The van der Waals surface area contributed by atoms with Crippen LogP contribution in [0.4, 0.5) is 0 Å². The van der Waals surface area contributed by atoms with Crippen LogP contribution in [0.3, 0.4) is 0 Å². The molecule has 1 heterocycles. The van der Waals surface area contributed by atoms with Gasteiger partial charge in [0.05, 0.1) is 12.6 Å². The van der Waals surface area contributed by atoms with E-state index in [-0.39, 0.29) is 12.8 Å². The first-order valence-corrected chi connectivity index (χ1v) is 10.4. The van der Waals surface area contributed by atoms with Gasteiger partial charge in [0.2, 0.25) is 17.7 Å². The molecule has 0 aromatic heterocycles. The van der Waals surface area contributed by atoms with E-state index in [0.29, 0.717) is 0 Å². The van der Waals surface area contributed by atoms with Gasteiger partial charge in [-0.25, -0.2) is 9.59 Å². The van der Waals surface area contributed by atoms with E-state index < -0.39 is 85.0 Å². The smallest absolute Gasteiger partial charge is 0.332 e. The molecule has 8 atom stereocenters. The Hall–Kier alpha value is -2.85. The lowest BCUT2D eigenvalue weighted by Gasteiger charge is -2.48. The number of aliphatic hydroxyl groups excluding tert-OH is 2. The molecule has 0 aromatic carbocycles. The molecule has 1 aliphatic rings. The van der Waals surface area contributed by atoms with E-state index in [9.17, 15) is 39.3 Å². The predicted octanol–water partition coefficient (Wildman–Crippen LogP) is -3.68. The van der Waals surface area contributed by atoms with E-state index in [4.69, 9.17) is 26.0 Å². The van der Waals surface area contributed by atoms with Crippen molar-refractivity contribution >= 4 is 29.7 Å². The summed E-state index contributed by atoms with van der Waals surface area (Å²) in [7, 11) is 0. The number of amides is 3. The first-order chi connectivity index (χ1) is 15.7. The van der Waals surface area contributed by atoms with Crippen molar-refractivity contribution in [1.82, 2.24) is 10.2 Å². The minimum atomic E-state index is -1.55. The number of carbonyl (C=O) groups excluding carboxylic acids is 3. The Morgan fingerprint density at radius 1 is 1.15 bits per heavy atom. The standard InChI is InChI=1S/C19H32N4O11/c1-7(16(28)22-10(19(31)32)4-5-12(20)26)23(9(3)25)17-13(21)15(33-8(2)18(29)30)14(27)11(6-24)34-17/h7-8,10-11,13-15,17,24,27H,4-6,21H2,1-3H3,(H2,20,26)(H,22,28)(H,29,30)(H,31,32)/t7-,8+,10+,11+,13+,14+,15+,17?/m0/s1. The van der Waals surface area contributed by atoms with Crippen molar-refractivity contribution in [3.05, 3.63) is 0 Å². The molecule has 194 valence electrons. The van der Waals surface area contributed by atoms with Crippen molar-refractivity contribution in [3.63, 3.8) is 0 Å². The van der Waals surface area contributed by atoms with Gasteiger partial charge in [-0.05, 0) is 20.3 Å². The van der Waals surface area contributed by atoms with E-state index in [2.05, 4.69) is 5.32 Å². The zero-order valence-electron chi connectivity index (χ0n) is 19.0. The van der Waals surface area contributed by atoms with Crippen molar-refractivity contribution in [1.29, 1.82) is 0 Å². The molecule has 0 aromatic rings. The summed E-state index contributed by atoms with van der Waals surface area (Å²) in [6, 6.07) is -4.20. The summed E-state index contributed by atoms with van der Waals surface area (Å²) in [6.07, 6.45) is -7.76. The molecule has 0 radical (unpaired) electrons. The Labute approximate surface area is 195 Å². The van der Waals surface area contributed by atoms with Gasteiger partial charge in [-0.2, -0.15) is 0 Å². The average Bonchev–Trinajstić information content (AvgIpc) is 2.74. The summed E-state index contributed by atoms with van der Waals surface area (Å²) < 4.78 is 10.9. The second-order valence-electron chi connectivity index (χ2n) is 7.90. The molecule has 1 saturated heterocycles. The molecule has 0 saturated carbocycles. The topological polar surface area (TPSA) is 252 Å². The van der Waals surface area contributed by atoms with Crippen molar-refractivity contribution in [2.75, 3.05) is 6.61 Å². The molecule has 3 amide bonds. The number of carbonyl (C=O) groups is 5. The third-order valence-corrected chi connectivity index (χ3v) is 5.36. The lowest BCUT2D eigenvalue weighted by atomic mass is 9.94. The SMILES string of the molecule is CC(=O)N(C1O[C@H](CO)[C@@H](O)[C@H](O[C@H](C)C(=O)O)[C@H]1N)[C@@H](C)C(=O)N[C@H](CCC(N)=O)C(=O)O. The number of rotatable bonds is 12. The van der Waals surface area contributed by atoms with Crippen LogP contribution in [0.25, 0.3) is 0 Å². The number of aliphatic carboxylic acids is 2. The van der Waals surface area contributed by atoms with Crippen molar-refractivity contribution in [3.8, 4) is 0 Å². The number of aliphatic hydroxyl groups is 2. The maximum atomic E-state index is 12.8. The van der Waals surface area contributed by atoms with Gasteiger partial charge in [-0.15, -0.1) is 0 Å². The summed E-state index contributed by atoms with van der Waals surface area (Å²) in [5.41, 5.74) is 11.1. The van der Waals surface area contributed by atoms with Crippen LogP contribution < -0.4 is 16.8 Å². The Kier molecular flexibility index (Phi) is 10.8. The van der Waals surface area contributed by atoms with Gasteiger partial charge in [-0.3, -0.25) is 14.4 Å². The first-order valence-electron chi connectivity index (χ1n) is 10.4. The fraction of sp³-hybridized carbons (Fsp3) is 0.737. The van der Waals surface area contributed by atoms with E-state index in [1.807, 2.05) is 0 Å². The van der Waals surface area contributed by atoms with Crippen molar-refractivity contribution in [2.24, 2.45) is 11.5 Å². The Bertz CT molecular complexity index is 779. The molecule has 1 fully saturated rings. The van der Waals surface area contributed by atoms with Gasteiger partial charge in [0.1, 0.15) is 30.4 Å². The van der Waals surface area contributed by atoms with Gasteiger partial charge in [0, 0.05) is 13.3 Å². The molecule has 0 spiro atoms. The number of hydrogen-bond acceptors (Lipinski definition) is 10. The first kappa shape index (κ1) is 29.2. The Balaban J connectivity index is 3.18. The lowest BCUT2D eigenvalue weighted by Crippen LogP contribution is -2.70. The summed E-state index contributed by atoms with van der Waals surface area (Å²) in [6.45, 7) is 2.79. The van der Waals surface area contributed by atoms with Crippen LogP contribution in [-0.4, -0.2) is 110 Å². The number of primary amides is 1. The number of carboxylic acid groups (broad SMARTS) is 2. The number of hydrogen-bond donors (Lipinski definition) is 7. The Morgan fingerprint density at radius 2 is 1.74 bits per heavy atom. The van der Waals surface area contributed by atoms with Gasteiger partial charge < -0.3 is 51.6 Å².